The van der Waals surface area contributed by atoms with Crippen molar-refractivity contribution in [1.29, 1.82) is 0 Å². The number of carbonyl (C=O) groups is 2. The summed E-state index contributed by atoms with van der Waals surface area (Å²) < 4.78 is 15.0. The molecule has 0 atom stereocenters. The fraction of sp³-hybridized carbons (Fsp3) is 0.238. The molecule has 6 nitrogen and oxygen atoms in total. The highest BCUT2D eigenvalue weighted by Gasteiger charge is 2.34. The Kier molecular flexibility index (Phi) is 5.44. The Hall–Kier alpha value is -3.00. The van der Waals surface area contributed by atoms with Gasteiger partial charge >= 0.3 is 0 Å². The number of thioether (sulfide) groups is 1. The van der Waals surface area contributed by atoms with E-state index in [4.69, 9.17) is 0 Å². The van der Waals surface area contributed by atoms with E-state index in [2.05, 4.69) is 10.2 Å². The van der Waals surface area contributed by atoms with Gasteiger partial charge in [-0.3, -0.25) is 14.5 Å². The molecule has 0 aliphatic carbocycles. The molecule has 0 bridgehead atoms. The normalized spacial score (nSPS) is 13.2. The summed E-state index contributed by atoms with van der Waals surface area (Å²) in [7, 11) is 1.87. The zero-order valence-electron chi connectivity index (χ0n) is 15.8. The average molecular weight is 410 g/mol. The molecule has 0 unspecified atom stereocenters. The lowest BCUT2D eigenvalue weighted by molar-refractivity contribution is 0.0652. The van der Waals surface area contributed by atoms with Gasteiger partial charge in [-0.25, -0.2) is 4.39 Å². The molecule has 0 radical (unpaired) electrons. The first kappa shape index (κ1) is 19.3. The first-order chi connectivity index (χ1) is 14.1. The van der Waals surface area contributed by atoms with Gasteiger partial charge in [0.1, 0.15) is 5.82 Å². The van der Waals surface area contributed by atoms with Gasteiger partial charge in [-0.2, -0.15) is 0 Å². The van der Waals surface area contributed by atoms with Gasteiger partial charge in [0, 0.05) is 24.9 Å². The summed E-state index contributed by atoms with van der Waals surface area (Å²) in [5, 5.41) is 9.17. The Balaban J connectivity index is 1.28. The first-order valence-corrected chi connectivity index (χ1v) is 10.3. The van der Waals surface area contributed by atoms with E-state index < -0.39 is 0 Å². The van der Waals surface area contributed by atoms with Crippen molar-refractivity contribution in [3.8, 4) is 11.4 Å². The lowest BCUT2D eigenvalue weighted by Gasteiger charge is -2.13. The Labute approximate surface area is 171 Å². The van der Waals surface area contributed by atoms with Crippen molar-refractivity contribution in [3.05, 3.63) is 65.5 Å². The van der Waals surface area contributed by atoms with Crippen molar-refractivity contribution in [1.82, 2.24) is 19.7 Å². The van der Waals surface area contributed by atoms with Gasteiger partial charge in [0.05, 0.1) is 11.1 Å². The van der Waals surface area contributed by atoms with Gasteiger partial charge in [0.25, 0.3) is 11.8 Å². The molecule has 3 aromatic rings. The number of amides is 2. The molecule has 1 aliphatic rings. The van der Waals surface area contributed by atoms with Crippen LogP contribution in [0.2, 0.25) is 0 Å². The predicted octanol–water partition coefficient (Wildman–Crippen LogP) is 3.79. The van der Waals surface area contributed by atoms with Crippen molar-refractivity contribution in [3.63, 3.8) is 0 Å². The highest BCUT2D eigenvalue weighted by Crippen LogP contribution is 2.25. The number of hydrogen-bond donors (Lipinski definition) is 0. The van der Waals surface area contributed by atoms with Crippen molar-refractivity contribution >= 4 is 23.6 Å². The molecule has 8 heteroatoms. The van der Waals surface area contributed by atoms with Crippen LogP contribution in [0.4, 0.5) is 4.39 Å². The second kappa shape index (κ2) is 8.16. The van der Waals surface area contributed by atoms with Crippen LogP contribution in [0.3, 0.4) is 0 Å². The summed E-state index contributed by atoms with van der Waals surface area (Å²) in [5.41, 5.74) is 1.78. The summed E-state index contributed by atoms with van der Waals surface area (Å²) in [6.07, 6.45) is 1.55. The summed E-state index contributed by atoms with van der Waals surface area (Å²) in [5.74, 6) is 0.756. The molecule has 29 heavy (non-hydrogen) atoms. The molecule has 0 fully saturated rings. The van der Waals surface area contributed by atoms with Gasteiger partial charge in [0.2, 0.25) is 0 Å². The number of benzene rings is 2. The third-order valence-electron chi connectivity index (χ3n) is 4.82. The lowest BCUT2D eigenvalue weighted by atomic mass is 10.1. The second-order valence-corrected chi connectivity index (χ2v) is 7.80. The van der Waals surface area contributed by atoms with Gasteiger partial charge in [-0.05, 0) is 49.2 Å². The third-order valence-corrected chi connectivity index (χ3v) is 5.93. The van der Waals surface area contributed by atoms with Gasteiger partial charge in [-0.1, -0.05) is 23.9 Å². The largest absolute Gasteiger partial charge is 0.305 e. The van der Waals surface area contributed by atoms with Crippen molar-refractivity contribution < 1.29 is 14.0 Å². The van der Waals surface area contributed by atoms with E-state index >= 15 is 0 Å². The Bertz CT molecular complexity index is 1030. The smallest absolute Gasteiger partial charge is 0.261 e. The van der Waals surface area contributed by atoms with Crippen molar-refractivity contribution in [2.75, 3.05) is 12.3 Å². The number of rotatable bonds is 7. The monoisotopic (exact) mass is 410 g/mol. The summed E-state index contributed by atoms with van der Waals surface area (Å²) in [6.45, 7) is 0.409. The quantitative estimate of drug-likeness (QED) is 0.337. The predicted molar refractivity (Wildman–Crippen MR) is 108 cm³/mol. The molecule has 0 N–H and O–H groups in total. The van der Waals surface area contributed by atoms with Crippen molar-refractivity contribution in [2.24, 2.45) is 7.05 Å². The number of hydrogen-bond acceptors (Lipinski definition) is 5. The fourth-order valence-corrected chi connectivity index (χ4v) is 4.18. The number of imide groups is 1. The minimum atomic E-state index is -0.288. The van der Waals surface area contributed by atoms with E-state index in [9.17, 15) is 14.0 Å². The molecule has 0 spiro atoms. The van der Waals surface area contributed by atoms with E-state index in [1.165, 1.54) is 17.0 Å². The third kappa shape index (κ3) is 3.80. The Morgan fingerprint density at radius 3 is 2.24 bits per heavy atom. The molecular weight excluding hydrogens is 391 g/mol. The van der Waals surface area contributed by atoms with E-state index in [1.807, 2.05) is 11.6 Å². The first-order valence-electron chi connectivity index (χ1n) is 9.29. The minimum absolute atomic E-state index is 0.213. The molecule has 1 aliphatic heterocycles. The topological polar surface area (TPSA) is 68.1 Å². The minimum Gasteiger partial charge on any atom is -0.305 e. The zero-order chi connectivity index (χ0) is 20.4. The van der Waals surface area contributed by atoms with Gasteiger partial charge in [0.15, 0.2) is 11.0 Å². The molecule has 0 saturated carbocycles. The molecule has 0 saturated heterocycles. The number of carbonyl (C=O) groups excluding carboxylic acids is 2. The number of fused-ring (bicyclic) bond motifs is 1. The number of nitrogens with zero attached hydrogens (tertiary/aromatic N) is 4. The highest BCUT2D eigenvalue weighted by atomic mass is 32.2. The van der Waals surface area contributed by atoms with Crippen LogP contribution in [0.15, 0.2) is 53.7 Å². The van der Waals surface area contributed by atoms with Crippen LogP contribution in [0.25, 0.3) is 11.4 Å². The molecule has 148 valence electrons. The van der Waals surface area contributed by atoms with Crippen LogP contribution in [0.5, 0.6) is 0 Å². The van der Waals surface area contributed by atoms with Gasteiger partial charge in [-0.15, -0.1) is 10.2 Å². The number of halogens is 1. The van der Waals surface area contributed by atoms with Crippen LogP contribution in [-0.4, -0.2) is 43.8 Å². The summed E-state index contributed by atoms with van der Waals surface area (Å²) in [6, 6.07) is 13.1. The number of unbranched alkanes of at least 4 members (excludes halogenated alkanes) is 1. The molecule has 1 aromatic heterocycles. The fourth-order valence-electron chi connectivity index (χ4n) is 3.27. The van der Waals surface area contributed by atoms with Crippen LogP contribution in [0, 0.1) is 5.82 Å². The van der Waals surface area contributed by atoms with Crippen LogP contribution >= 0.6 is 11.8 Å². The van der Waals surface area contributed by atoms with E-state index in [0.717, 1.165) is 29.3 Å². The summed E-state index contributed by atoms with van der Waals surface area (Å²) in [4.78, 5) is 26.0. The maximum Gasteiger partial charge on any atom is 0.261 e. The molecule has 2 heterocycles. The van der Waals surface area contributed by atoms with Crippen LogP contribution in [-0.2, 0) is 7.05 Å². The molecule has 4 rings (SSSR count). The number of aromatic nitrogens is 3. The van der Waals surface area contributed by atoms with E-state index in [-0.39, 0.29) is 17.6 Å². The maximum absolute atomic E-state index is 13.1. The van der Waals surface area contributed by atoms with Crippen molar-refractivity contribution in [2.45, 2.75) is 18.0 Å². The molecule has 2 aromatic carbocycles. The lowest BCUT2D eigenvalue weighted by Crippen LogP contribution is -2.30. The average Bonchev–Trinajstić information content (AvgIpc) is 3.21. The Morgan fingerprint density at radius 2 is 1.59 bits per heavy atom. The SMILES string of the molecule is Cn1c(SCCCCN2C(=O)c3ccccc3C2=O)nnc1-c1ccc(F)cc1. The maximum atomic E-state index is 13.1. The Morgan fingerprint density at radius 1 is 0.931 bits per heavy atom. The second-order valence-electron chi connectivity index (χ2n) is 6.74. The van der Waals surface area contributed by atoms with Gasteiger partial charge < -0.3 is 4.57 Å². The molecular formula is C21H19FN4O2S. The summed E-state index contributed by atoms with van der Waals surface area (Å²) >= 11 is 1.56. The highest BCUT2D eigenvalue weighted by molar-refractivity contribution is 7.99. The van der Waals surface area contributed by atoms with Crippen LogP contribution < -0.4 is 0 Å². The zero-order valence-corrected chi connectivity index (χ0v) is 16.7. The van der Waals surface area contributed by atoms with E-state index in [0.29, 0.717) is 23.5 Å². The van der Waals surface area contributed by atoms with E-state index in [1.54, 1.807) is 48.2 Å². The standard InChI is InChI=1S/C21H19FN4O2S/c1-25-18(14-8-10-15(22)11-9-14)23-24-21(25)29-13-5-4-12-26-19(27)16-6-2-3-7-17(16)20(26)28/h2-3,6-11H,4-5,12-13H2,1H3. The van der Waals surface area contributed by atoms with Crippen LogP contribution in [0.1, 0.15) is 33.6 Å². The molecule has 2 amide bonds.